The van der Waals surface area contributed by atoms with Gasteiger partial charge in [0, 0.05) is 55.8 Å². The number of aromatic nitrogens is 6. The third-order valence-corrected chi connectivity index (χ3v) is 10.6. The highest BCUT2D eigenvalue weighted by atomic mass is 15.0. The first-order valence-corrected chi connectivity index (χ1v) is 18.7. The summed E-state index contributed by atoms with van der Waals surface area (Å²) >= 11 is 0. The average Bonchev–Trinajstić information content (AvgIpc) is 3.84. The predicted molar refractivity (Wildman–Crippen MR) is 228 cm³/mol. The topological polar surface area (TPSA) is 61.4 Å². The molecule has 4 aromatic heterocycles. The quantitative estimate of drug-likeness (QED) is 0.172. The third kappa shape index (κ3) is 5.35. The van der Waals surface area contributed by atoms with Gasteiger partial charge in [-0.25, -0.2) is 19.9 Å². The highest BCUT2D eigenvalue weighted by Gasteiger charge is 2.19. The van der Waals surface area contributed by atoms with E-state index in [9.17, 15) is 0 Å². The SMILES string of the molecule is c1ccc(-c2cc(-c3ccccc3)nc(-c3nc(-c4ccc(-n5c6ccccc6c6cc7ccn(-c8ccccc8)c7cc65)cc4)nc4ccccc34)n2)cc1. The number of para-hydroxylation sites is 3. The molecule has 0 aliphatic rings. The largest absolute Gasteiger partial charge is 0.316 e. The molecule has 4 heterocycles. The van der Waals surface area contributed by atoms with Crippen LogP contribution in [0.4, 0.5) is 0 Å². The highest BCUT2D eigenvalue weighted by Crippen LogP contribution is 2.37. The van der Waals surface area contributed by atoms with Crippen LogP contribution in [0.5, 0.6) is 0 Å². The molecule has 56 heavy (non-hydrogen) atoms. The summed E-state index contributed by atoms with van der Waals surface area (Å²) in [6.07, 6.45) is 2.16. The standard InChI is InChI=1S/C50H32N6/c1-4-14-33(15-5-1)43-31-44(34-16-6-2-7-17-34)53-50(52-43)48-40-21-10-12-22-42(40)51-49(54-48)35-24-26-38(27-25-35)56-45-23-13-11-20-39(45)41-30-36-28-29-55(46(36)32-47(41)56)37-18-8-3-9-19-37/h1-32H. The molecule has 0 spiro atoms. The molecule has 0 unspecified atom stereocenters. The molecule has 6 heteroatoms. The molecule has 0 fully saturated rings. The number of benzene rings is 7. The van der Waals surface area contributed by atoms with Gasteiger partial charge in [0.15, 0.2) is 11.6 Å². The summed E-state index contributed by atoms with van der Waals surface area (Å²) in [6, 6.07) is 65.2. The maximum absolute atomic E-state index is 5.22. The van der Waals surface area contributed by atoms with Crippen LogP contribution in [-0.2, 0) is 0 Å². The van der Waals surface area contributed by atoms with Crippen LogP contribution in [-0.4, -0.2) is 29.1 Å². The van der Waals surface area contributed by atoms with Crippen LogP contribution in [0.15, 0.2) is 194 Å². The molecule has 0 aliphatic heterocycles. The van der Waals surface area contributed by atoms with Crippen LogP contribution in [0.2, 0.25) is 0 Å². The van der Waals surface area contributed by atoms with E-state index in [0.717, 1.165) is 66.9 Å². The van der Waals surface area contributed by atoms with Gasteiger partial charge in [-0.05, 0) is 72.8 Å². The number of hydrogen-bond acceptors (Lipinski definition) is 4. The second kappa shape index (κ2) is 13.0. The van der Waals surface area contributed by atoms with Crippen LogP contribution in [0.25, 0.3) is 100 Å². The van der Waals surface area contributed by atoms with Crippen LogP contribution >= 0.6 is 0 Å². The lowest BCUT2D eigenvalue weighted by molar-refractivity contribution is 1.12. The molecule has 0 bridgehead atoms. The summed E-state index contributed by atoms with van der Waals surface area (Å²) in [4.78, 5) is 20.6. The molecule has 0 atom stereocenters. The van der Waals surface area contributed by atoms with E-state index in [1.54, 1.807) is 0 Å². The lowest BCUT2D eigenvalue weighted by atomic mass is 10.1. The molecule has 0 amide bonds. The van der Waals surface area contributed by atoms with Crippen LogP contribution < -0.4 is 0 Å². The van der Waals surface area contributed by atoms with Gasteiger partial charge < -0.3 is 9.13 Å². The van der Waals surface area contributed by atoms with E-state index in [1.165, 1.54) is 16.2 Å². The van der Waals surface area contributed by atoms with E-state index in [0.29, 0.717) is 17.3 Å². The Bertz CT molecular complexity index is 3160. The number of hydrogen-bond donors (Lipinski definition) is 0. The molecule has 11 aromatic rings. The monoisotopic (exact) mass is 716 g/mol. The van der Waals surface area contributed by atoms with Crippen LogP contribution in [0.1, 0.15) is 0 Å². The Morgan fingerprint density at radius 1 is 0.357 bits per heavy atom. The van der Waals surface area contributed by atoms with Gasteiger partial charge in [0.1, 0.15) is 5.69 Å². The molecular formula is C50H32N6. The minimum atomic E-state index is 0.554. The fourth-order valence-corrected chi connectivity index (χ4v) is 7.89. The lowest BCUT2D eigenvalue weighted by Crippen LogP contribution is -2.01. The molecule has 11 rings (SSSR count). The van der Waals surface area contributed by atoms with Crippen molar-refractivity contribution < 1.29 is 0 Å². The summed E-state index contributed by atoms with van der Waals surface area (Å²) < 4.78 is 4.62. The smallest absolute Gasteiger partial charge is 0.180 e. The molecule has 6 nitrogen and oxygen atoms in total. The predicted octanol–water partition coefficient (Wildman–Crippen LogP) is 12.1. The summed E-state index contributed by atoms with van der Waals surface area (Å²) in [5.41, 5.74) is 11.8. The molecule has 0 radical (unpaired) electrons. The third-order valence-electron chi connectivity index (χ3n) is 10.6. The molecule has 0 saturated heterocycles. The van der Waals surface area contributed by atoms with Crippen molar-refractivity contribution in [1.82, 2.24) is 29.1 Å². The number of nitrogens with zero attached hydrogens (tertiary/aromatic N) is 6. The van der Waals surface area contributed by atoms with E-state index in [-0.39, 0.29) is 0 Å². The van der Waals surface area contributed by atoms with Crippen molar-refractivity contribution >= 4 is 43.6 Å². The maximum Gasteiger partial charge on any atom is 0.180 e. The second-order valence-corrected chi connectivity index (χ2v) is 14.0. The molecule has 0 saturated carbocycles. The van der Waals surface area contributed by atoms with Gasteiger partial charge in [-0.1, -0.05) is 115 Å². The van der Waals surface area contributed by atoms with Crippen LogP contribution in [0.3, 0.4) is 0 Å². The zero-order chi connectivity index (χ0) is 37.0. The first-order chi connectivity index (χ1) is 27.7. The Hall–Kier alpha value is -7.70. The summed E-state index contributed by atoms with van der Waals surface area (Å²) in [5.74, 6) is 1.17. The van der Waals surface area contributed by atoms with E-state index in [4.69, 9.17) is 19.9 Å². The molecule has 0 N–H and O–H groups in total. The van der Waals surface area contributed by atoms with Crippen LogP contribution in [0, 0.1) is 0 Å². The van der Waals surface area contributed by atoms with Crippen molar-refractivity contribution in [2.75, 3.05) is 0 Å². The van der Waals surface area contributed by atoms with Gasteiger partial charge in [-0.15, -0.1) is 0 Å². The Morgan fingerprint density at radius 3 is 1.70 bits per heavy atom. The summed E-state index contributed by atoms with van der Waals surface area (Å²) in [5, 5.41) is 4.54. The Morgan fingerprint density at radius 2 is 0.982 bits per heavy atom. The lowest BCUT2D eigenvalue weighted by Gasteiger charge is -2.13. The molecule has 7 aromatic carbocycles. The Labute approximate surface area is 322 Å². The fraction of sp³-hybridized carbons (Fsp3) is 0. The maximum atomic E-state index is 5.22. The van der Waals surface area contributed by atoms with E-state index >= 15 is 0 Å². The zero-order valence-electron chi connectivity index (χ0n) is 30.2. The fourth-order valence-electron chi connectivity index (χ4n) is 7.89. The van der Waals surface area contributed by atoms with Gasteiger partial charge in [0.05, 0.1) is 33.5 Å². The van der Waals surface area contributed by atoms with Gasteiger partial charge in [-0.3, -0.25) is 0 Å². The van der Waals surface area contributed by atoms with E-state index in [1.807, 2.05) is 60.7 Å². The first-order valence-electron chi connectivity index (χ1n) is 18.7. The first kappa shape index (κ1) is 31.8. The van der Waals surface area contributed by atoms with Crippen molar-refractivity contribution in [3.05, 3.63) is 194 Å². The van der Waals surface area contributed by atoms with Crippen molar-refractivity contribution in [3.63, 3.8) is 0 Å². The minimum Gasteiger partial charge on any atom is -0.316 e. The zero-order valence-corrected chi connectivity index (χ0v) is 30.2. The van der Waals surface area contributed by atoms with E-state index in [2.05, 4.69) is 143 Å². The van der Waals surface area contributed by atoms with E-state index < -0.39 is 0 Å². The van der Waals surface area contributed by atoms with Crippen molar-refractivity contribution in [2.45, 2.75) is 0 Å². The van der Waals surface area contributed by atoms with Gasteiger partial charge in [0.2, 0.25) is 0 Å². The second-order valence-electron chi connectivity index (χ2n) is 14.0. The average molecular weight is 717 g/mol. The van der Waals surface area contributed by atoms with Crippen molar-refractivity contribution in [1.29, 1.82) is 0 Å². The molecular weight excluding hydrogens is 685 g/mol. The molecule has 262 valence electrons. The number of rotatable bonds is 6. The number of fused-ring (bicyclic) bond motifs is 5. The van der Waals surface area contributed by atoms with Crippen molar-refractivity contribution in [2.24, 2.45) is 0 Å². The minimum absolute atomic E-state index is 0.554. The normalized spacial score (nSPS) is 11.6. The van der Waals surface area contributed by atoms with Gasteiger partial charge in [-0.2, -0.15) is 0 Å². The Balaban J connectivity index is 1.06. The molecule has 0 aliphatic carbocycles. The Kier molecular flexibility index (Phi) is 7.38. The summed E-state index contributed by atoms with van der Waals surface area (Å²) in [6.45, 7) is 0. The van der Waals surface area contributed by atoms with Gasteiger partial charge >= 0.3 is 0 Å². The van der Waals surface area contributed by atoms with Gasteiger partial charge in [0.25, 0.3) is 0 Å². The highest BCUT2D eigenvalue weighted by molar-refractivity contribution is 6.13. The summed E-state index contributed by atoms with van der Waals surface area (Å²) in [7, 11) is 0. The van der Waals surface area contributed by atoms with Crippen molar-refractivity contribution in [3.8, 4) is 56.8 Å².